The summed E-state index contributed by atoms with van der Waals surface area (Å²) in [7, 11) is 3.15. The van der Waals surface area contributed by atoms with Gasteiger partial charge in [-0.2, -0.15) is 0 Å². The Morgan fingerprint density at radius 1 is 1.24 bits per heavy atom. The first-order valence-electron chi connectivity index (χ1n) is 6.76. The number of nitrogens with one attached hydrogen (secondary N) is 3. The molecule has 0 radical (unpaired) electrons. The number of ether oxygens (including phenoxy) is 1. The molecule has 1 aromatic carbocycles. The van der Waals surface area contributed by atoms with Gasteiger partial charge in [0, 0.05) is 13.6 Å². The minimum Gasteiger partial charge on any atom is -0.495 e. The maximum atomic E-state index is 11.9. The fourth-order valence-electron chi connectivity index (χ4n) is 1.85. The quantitative estimate of drug-likeness (QED) is 0.700. The van der Waals surface area contributed by atoms with Gasteiger partial charge in [0.25, 0.3) is 0 Å². The van der Waals surface area contributed by atoms with Gasteiger partial charge in [0.05, 0.1) is 24.8 Å². The summed E-state index contributed by atoms with van der Waals surface area (Å²) in [6.45, 7) is 4.17. The molecule has 0 aromatic heterocycles. The maximum absolute atomic E-state index is 11.9. The average molecular weight is 293 g/mol. The summed E-state index contributed by atoms with van der Waals surface area (Å²) in [5.41, 5.74) is 0.0526. The number of carbonyl (C=O) groups excluding carboxylic acids is 2. The van der Waals surface area contributed by atoms with E-state index in [2.05, 4.69) is 16.0 Å². The Hall–Kier alpha value is -2.08. The summed E-state index contributed by atoms with van der Waals surface area (Å²) in [6.07, 6.45) is 0. The van der Waals surface area contributed by atoms with E-state index in [4.69, 9.17) is 4.74 Å². The molecule has 1 aromatic rings. The van der Waals surface area contributed by atoms with Gasteiger partial charge in [-0.15, -0.1) is 0 Å². The van der Waals surface area contributed by atoms with Gasteiger partial charge in [-0.05, 0) is 26.0 Å². The van der Waals surface area contributed by atoms with Crippen LogP contribution in [0.2, 0.25) is 0 Å². The molecule has 116 valence electrons. The van der Waals surface area contributed by atoms with Crippen molar-refractivity contribution in [2.24, 2.45) is 5.41 Å². The first-order valence-corrected chi connectivity index (χ1v) is 6.76. The summed E-state index contributed by atoms with van der Waals surface area (Å²) in [5.74, 6) is 0.351. The SMILES string of the molecule is CNC(=O)C(C)(C)CNCC(=O)Nc1ccccc1OC. The molecule has 0 heterocycles. The third-order valence-corrected chi connectivity index (χ3v) is 3.08. The number of methoxy groups -OCH3 is 1. The molecule has 0 unspecified atom stereocenters. The van der Waals surface area contributed by atoms with Gasteiger partial charge in [-0.1, -0.05) is 12.1 Å². The van der Waals surface area contributed by atoms with Gasteiger partial charge in [0.15, 0.2) is 0 Å². The lowest BCUT2D eigenvalue weighted by Gasteiger charge is -2.22. The van der Waals surface area contributed by atoms with E-state index >= 15 is 0 Å². The maximum Gasteiger partial charge on any atom is 0.238 e. The molecule has 3 N–H and O–H groups in total. The number of carbonyl (C=O) groups is 2. The van der Waals surface area contributed by atoms with E-state index in [-0.39, 0.29) is 18.4 Å². The second-order valence-corrected chi connectivity index (χ2v) is 5.32. The highest BCUT2D eigenvalue weighted by Crippen LogP contribution is 2.22. The van der Waals surface area contributed by atoms with Gasteiger partial charge < -0.3 is 20.7 Å². The van der Waals surface area contributed by atoms with E-state index in [1.165, 1.54) is 0 Å². The number of amides is 2. The van der Waals surface area contributed by atoms with Crippen LogP contribution in [0.5, 0.6) is 5.75 Å². The van der Waals surface area contributed by atoms with Gasteiger partial charge in [-0.3, -0.25) is 9.59 Å². The number of hydrogen-bond acceptors (Lipinski definition) is 4. The van der Waals surface area contributed by atoms with E-state index in [9.17, 15) is 9.59 Å². The second-order valence-electron chi connectivity index (χ2n) is 5.32. The Morgan fingerprint density at radius 3 is 2.52 bits per heavy atom. The normalized spacial score (nSPS) is 10.9. The van der Waals surface area contributed by atoms with Crippen molar-refractivity contribution in [3.8, 4) is 5.75 Å². The van der Waals surface area contributed by atoms with Gasteiger partial charge in [0.2, 0.25) is 11.8 Å². The molecule has 1 rings (SSSR count). The molecule has 0 saturated heterocycles. The van der Waals surface area contributed by atoms with Crippen molar-refractivity contribution in [3.63, 3.8) is 0 Å². The monoisotopic (exact) mass is 293 g/mol. The average Bonchev–Trinajstić information content (AvgIpc) is 2.46. The van der Waals surface area contributed by atoms with Crippen LogP contribution in [-0.2, 0) is 9.59 Å². The highest BCUT2D eigenvalue weighted by Gasteiger charge is 2.26. The molecule has 0 aliphatic carbocycles. The number of rotatable bonds is 7. The van der Waals surface area contributed by atoms with E-state index in [1.54, 1.807) is 26.3 Å². The third-order valence-electron chi connectivity index (χ3n) is 3.08. The van der Waals surface area contributed by atoms with E-state index in [0.717, 1.165) is 0 Å². The first kappa shape index (κ1) is 17.0. The Bertz CT molecular complexity index is 501. The summed E-state index contributed by atoms with van der Waals surface area (Å²) >= 11 is 0. The van der Waals surface area contributed by atoms with Crippen molar-refractivity contribution in [1.29, 1.82) is 0 Å². The summed E-state index contributed by atoms with van der Waals surface area (Å²) in [4.78, 5) is 23.5. The van der Waals surface area contributed by atoms with Crippen LogP contribution in [0.1, 0.15) is 13.8 Å². The van der Waals surface area contributed by atoms with Crippen LogP contribution in [0.15, 0.2) is 24.3 Å². The molecule has 0 saturated carbocycles. The number of anilines is 1. The molecule has 0 aliphatic rings. The van der Waals surface area contributed by atoms with Crippen LogP contribution in [0.25, 0.3) is 0 Å². The standard InChI is InChI=1S/C15H23N3O3/c1-15(2,14(20)16-3)10-17-9-13(19)18-11-7-5-6-8-12(11)21-4/h5-8,17H,9-10H2,1-4H3,(H,16,20)(H,18,19). The lowest BCUT2D eigenvalue weighted by Crippen LogP contribution is -2.43. The van der Waals surface area contributed by atoms with Crippen LogP contribution in [-0.4, -0.2) is 39.1 Å². The van der Waals surface area contributed by atoms with Crippen LogP contribution in [0.3, 0.4) is 0 Å². The van der Waals surface area contributed by atoms with Crippen LogP contribution in [0.4, 0.5) is 5.69 Å². The number of hydrogen-bond donors (Lipinski definition) is 3. The predicted molar refractivity (Wildman–Crippen MR) is 82.3 cm³/mol. The van der Waals surface area contributed by atoms with Crippen molar-refractivity contribution in [2.75, 3.05) is 32.6 Å². The highest BCUT2D eigenvalue weighted by atomic mass is 16.5. The topological polar surface area (TPSA) is 79.5 Å². The third kappa shape index (κ3) is 5.07. The number of benzene rings is 1. The zero-order valence-corrected chi connectivity index (χ0v) is 12.9. The first-order chi connectivity index (χ1) is 9.90. The smallest absolute Gasteiger partial charge is 0.238 e. The molecule has 0 atom stereocenters. The van der Waals surface area contributed by atoms with Crippen molar-refractivity contribution >= 4 is 17.5 Å². The van der Waals surface area contributed by atoms with E-state index < -0.39 is 5.41 Å². The molecule has 21 heavy (non-hydrogen) atoms. The zero-order valence-electron chi connectivity index (χ0n) is 12.9. The lowest BCUT2D eigenvalue weighted by atomic mass is 9.92. The van der Waals surface area contributed by atoms with Crippen molar-refractivity contribution in [3.05, 3.63) is 24.3 Å². The minimum absolute atomic E-state index is 0.0693. The fourth-order valence-corrected chi connectivity index (χ4v) is 1.85. The molecular formula is C15H23N3O3. The second kappa shape index (κ2) is 7.64. The van der Waals surface area contributed by atoms with Crippen LogP contribution >= 0.6 is 0 Å². The van der Waals surface area contributed by atoms with Gasteiger partial charge in [0.1, 0.15) is 5.75 Å². The zero-order chi connectivity index (χ0) is 15.9. The fraction of sp³-hybridized carbons (Fsp3) is 0.467. The molecule has 6 nitrogen and oxygen atoms in total. The van der Waals surface area contributed by atoms with Crippen molar-refractivity contribution < 1.29 is 14.3 Å². The Labute approximate surface area is 125 Å². The largest absolute Gasteiger partial charge is 0.495 e. The Morgan fingerprint density at radius 2 is 1.90 bits per heavy atom. The Balaban J connectivity index is 2.46. The van der Waals surface area contributed by atoms with E-state index in [0.29, 0.717) is 18.0 Å². The highest BCUT2D eigenvalue weighted by molar-refractivity contribution is 5.93. The summed E-state index contributed by atoms with van der Waals surface area (Å²) < 4.78 is 5.16. The molecule has 0 spiro atoms. The lowest BCUT2D eigenvalue weighted by molar-refractivity contribution is -0.128. The summed E-state index contributed by atoms with van der Waals surface area (Å²) in [5, 5.41) is 8.35. The molecule has 0 aliphatic heterocycles. The summed E-state index contributed by atoms with van der Waals surface area (Å²) in [6, 6.07) is 7.20. The van der Waals surface area contributed by atoms with Crippen LogP contribution < -0.4 is 20.7 Å². The minimum atomic E-state index is -0.570. The molecule has 0 bridgehead atoms. The molecule has 0 fully saturated rings. The number of para-hydroxylation sites is 2. The molecular weight excluding hydrogens is 270 g/mol. The molecule has 2 amide bonds. The predicted octanol–water partition coefficient (Wildman–Crippen LogP) is 0.995. The van der Waals surface area contributed by atoms with Gasteiger partial charge in [-0.25, -0.2) is 0 Å². The molecule has 6 heteroatoms. The van der Waals surface area contributed by atoms with Crippen molar-refractivity contribution in [2.45, 2.75) is 13.8 Å². The van der Waals surface area contributed by atoms with E-state index in [1.807, 2.05) is 26.0 Å². The van der Waals surface area contributed by atoms with Gasteiger partial charge >= 0.3 is 0 Å². The Kier molecular flexibility index (Phi) is 6.17. The van der Waals surface area contributed by atoms with Crippen LogP contribution in [0, 0.1) is 5.41 Å². The van der Waals surface area contributed by atoms with Crippen molar-refractivity contribution in [1.82, 2.24) is 10.6 Å².